The van der Waals surface area contributed by atoms with Crippen molar-refractivity contribution in [3.63, 3.8) is 0 Å². The van der Waals surface area contributed by atoms with Crippen LogP contribution in [0.15, 0.2) is 18.2 Å². The summed E-state index contributed by atoms with van der Waals surface area (Å²) in [6.07, 6.45) is 17.0. The van der Waals surface area contributed by atoms with E-state index < -0.39 is 0 Å². The van der Waals surface area contributed by atoms with Gasteiger partial charge in [-0.15, -0.1) is 0 Å². The first-order valence-corrected chi connectivity index (χ1v) is 12.6. The fraction of sp³-hybridized carbons (Fsp3) is 0.741. The lowest BCUT2D eigenvalue weighted by atomic mass is 9.80. The van der Waals surface area contributed by atoms with Gasteiger partial charge < -0.3 is 9.47 Å². The largest absolute Gasteiger partial charge is 0.493 e. The molecule has 1 saturated carbocycles. The lowest BCUT2D eigenvalue weighted by molar-refractivity contribution is -0.134. The number of esters is 1. The molecule has 1 fully saturated rings. The summed E-state index contributed by atoms with van der Waals surface area (Å²) in [7, 11) is 0. The van der Waals surface area contributed by atoms with Gasteiger partial charge >= 0.3 is 5.97 Å². The zero-order chi connectivity index (χ0) is 21.6. The Morgan fingerprint density at radius 2 is 1.57 bits per heavy atom. The molecule has 1 aromatic rings. The number of benzene rings is 1. The van der Waals surface area contributed by atoms with E-state index in [-0.39, 0.29) is 5.97 Å². The quantitative estimate of drug-likeness (QED) is 0.175. The second kappa shape index (κ2) is 14.5. The highest BCUT2D eigenvalue weighted by Gasteiger charge is 2.21. The van der Waals surface area contributed by atoms with Gasteiger partial charge in [0.15, 0.2) is 0 Å². The third-order valence-corrected chi connectivity index (χ3v) is 6.52. The highest BCUT2D eigenvalue weighted by molar-refractivity contribution is 5.72. The fourth-order valence-corrected chi connectivity index (χ4v) is 4.46. The van der Waals surface area contributed by atoms with Gasteiger partial charge in [0.1, 0.15) is 11.5 Å². The Balaban J connectivity index is 1.67. The molecular formula is C27H44O3. The third kappa shape index (κ3) is 9.53. The Morgan fingerprint density at radius 3 is 2.27 bits per heavy atom. The monoisotopic (exact) mass is 416 g/mol. The summed E-state index contributed by atoms with van der Waals surface area (Å²) in [6.45, 7) is 7.27. The van der Waals surface area contributed by atoms with Gasteiger partial charge in [0, 0.05) is 6.42 Å². The van der Waals surface area contributed by atoms with Crippen LogP contribution in [-0.2, 0) is 4.79 Å². The van der Waals surface area contributed by atoms with Crippen molar-refractivity contribution < 1.29 is 14.3 Å². The number of carbonyl (C=O) groups is 1. The maximum absolute atomic E-state index is 12.1. The predicted octanol–water partition coefficient (Wildman–Crippen LogP) is 8.03. The van der Waals surface area contributed by atoms with E-state index in [1.807, 2.05) is 25.1 Å². The normalized spacial score (nSPS) is 18.9. The van der Waals surface area contributed by atoms with Gasteiger partial charge in [-0.05, 0) is 61.8 Å². The number of carbonyl (C=O) groups excluding carboxylic acids is 1. The van der Waals surface area contributed by atoms with Gasteiger partial charge in [-0.3, -0.25) is 4.79 Å². The van der Waals surface area contributed by atoms with Gasteiger partial charge in [-0.1, -0.05) is 78.1 Å². The van der Waals surface area contributed by atoms with Crippen molar-refractivity contribution in [2.45, 2.75) is 111 Å². The van der Waals surface area contributed by atoms with Crippen LogP contribution in [0.5, 0.6) is 11.5 Å². The topological polar surface area (TPSA) is 35.5 Å². The van der Waals surface area contributed by atoms with Crippen LogP contribution in [0.3, 0.4) is 0 Å². The molecule has 0 atom stereocenters. The van der Waals surface area contributed by atoms with Crippen molar-refractivity contribution in [2.75, 3.05) is 6.61 Å². The van der Waals surface area contributed by atoms with Crippen LogP contribution < -0.4 is 9.47 Å². The number of unbranched alkanes of at least 4 members (excludes halogenated alkanes) is 6. The van der Waals surface area contributed by atoms with E-state index >= 15 is 0 Å². The van der Waals surface area contributed by atoms with Crippen molar-refractivity contribution in [3.8, 4) is 11.5 Å². The van der Waals surface area contributed by atoms with E-state index in [0.29, 0.717) is 18.1 Å². The summed E-state index contributed by atoms with van der Waals surface area (Å²) in [6, 6.07) is 5.82. The Bertz CT molecular complexity index is 602. The van der Waals surface area contributed by atoms with E-state index in [1.165, 1.54) is 70.6 Å². The van der Waals surface area contributed by atoms with Gasteiger partial charge in [0.2, 0.25) is 0 Å². The second-order valence-corrected chi connectivity index (χ2v) is 9.26. The molecule has 0 saturated heterocycles. The summed E-state index contributed by atoms with van der Waals surface area (Å²) in [5, 5.41) is 0. The smallest absolute Gasteiger partial charge is 0.311 e. The van der Waals surface area contributed by atoms with Crippen molar-refractivity contribution in [3.05, 3.63) is 23.8 Å². The number of hydrogen-bond donors (Lipinski definition) is 0. The maximum Gasteiger partial charge on any atom is 0.311 e. The van der Waals surface area contributed by atoms with Crippen LogP contribution in [-0.4, -0.2) is 12.6 Å². The van der Waals surface area contributed by atoms with Crippen LogP contribution in [0.25, 0.3) is 0 Å². The van der Waals surface area contributed by atoms with E-state index in [9.17, 15) is 4.79 Å². The van der Waals surface area contributed by atoms with Crippen molar-refractivity contribution in [1.29, 1.82) is 0 Å². The van der Waals surface area contributed by atoms with Crippen LogP contribution >= 0.6 is 0 Å². The van der Waals surface area contributed by atoms with E-state index in [2.05, 4.69) is 13.8 Å². The number of hydrogen-bond acceptors (Lipinski definition) is 3. The second-order valence-electron chi connectivity index (χ2n) is 9.26. The zero-order valence-electron chi connectivity index (χ0n) is 19.7. The average molecular weight is 417 g/mol. The molecule has 2 rings (SSSR count). The lowest BCUT2D eigenvalue weighted by Gasteiger charge is -2.28. The Morgan fingerprint density at radius 1 is 0.900 bits per heavy atom. The first-order chi connectivity index (χ1) is 14.6. The van der Waals surface area contributed by atoms with Crippen molar-refractivity contribution in [1.82, 2.24) is 0 Å². The zero-order valence-corrected chi connectivity index (χ0v) is 19.7. The summed E-state index contributed by atoms with van der Waals surface area (Å²) in [4.78, 5) is 12.1. The van der Waals surface area contributed by atoms with Gasteiger partial charge in [0.25, 0.3) is 0 Å². The first-order valence-electron chi connectivity index (χ1n) is 12.6. The van der Waals surface area contributed by atoms with Gasteiger partial charge in [-0.2, -0.15) is 0 Å². The summed E-state index contributed by atoms with van der Waals surface area (Å²) in [5.41, 5.74) is 0.964. The number of rotatable bonds is 14. The molecule has 0 aromatic heterocycles. The SMILES string of the molecule is CCCCCCCC(=O)Oc1ccc(OC[C@H]2CC[C@H](CCCCC)CC2)cc1C. The van der Waals surface area contributed by atoms with Crippen LogP contribution in [0.1, 0.15) is 109 Å². The van der Waals surface area contributed by atoms with Gasteiger partial charge in [0.05, 0.1) is 6.61 Å². The molecule has 0 aliphatic heterocycles. The number of ether oxygens (including phenoxy) is 2. The minimum Gasteiger partial charge on any atom is -0.493 e. The lowest BCUT2D eigenvalue weighted by Crippen LogP contribution is -2.20. The Hall–Kier alpha value is -1.51. The molecule has 30 heavy (non-hydrogen) atoms. The van der Waals surface area contributed by atoms with Crippen LogP contribution in [0.2, 0.25) is 0 Å². The van der Waals surface area contributed by atoms with E-state index in [4.69, 9.17) is 9.47 Å². The van der Waals surface area contributed by atoms with Gasteiger partial charge in [-0.25, -0.2) is 0 Å². The molecule has 170 valence electrons. The standard InChI is InChI=1S/C27H44O3/c1-4-6-8-9-11-13-27(28)30-26-19-18-25(20-22(26)3)29-21-24-16-14-23(15-17-24)12-10-7-5-2/h18-20,23-24H,4-17,21H2,1-3H3/t23-,24-. The molecule has 3 nitrogen and oxygen atoms in total. The summed E-state index contributed by atoms with van der Waals surface area (Å²) < 4.78 is 11.6. The molecule has 0 spiro atoms. The van der Waals surface area contributed by atoms with E-state index in [1.54, 1.807) is 0 Å². The molecule has 0 heterocycles. The van der Waals surface area contributed by atoms with Crippen LogP contribution in [0, 0.1) is 18.8 Å². The number of aryl methyl sites for hydroxylation is 1. The molecule has 0 amide bonds. The van der Waals surface area contributed by atoms with Crippen LogP contribution in [0.4, 0.5) is 0 Å². The molecule has 0 unspecified atom stereocenters. The first kappa shape index (κ1) is 24.8. The minimum atomic E-state index is -0.126. The Kier molecular flexibility index (Phi) is 12.0. The maximum atomic E-state index is 12.1. The molecule has 1 aromatic carbocycles. The summed E-state index contributed by atoms with van der Waals surface area (Å²) >= 11 is 0. The Labute approximate surface area is 184 Å². The molecular weight excluding hydrogens is 372 g/mol. The minimum absolute atomic E-state index is 0.126. The summed E-state index contributed by atoms with van der Waals surface area (Å²) in [5.74, 6) is 3.04. The molecule has 0 N–H and O–H groups in total. The molecule has 1 aliphatic rings. The average Bonchev–Trinajstić information content (AvgIpc) is 2.75. The van der Waals surface area contributed by atoms with E-state index in [0.717, 1.165) is 36.7 Å². The van der Waals surface area contributed by atoms with Crippen molar-refractivity contribution in [2.24, 2.45) is 11.8 Å². The molecule has 0 radical (unpaired) electrons. The third-order valence-electron chi connectivity index (χ3n) is 6.52. The van der Waals surface area contributed by atoms with Crippen molar-refractivity contribution >= 4 is 5.97 Å². The fourth-order valence-electron chi connectivity index (χ4n) is 4.46. The molecule has 3 heteroatoms. The highest BCUT2D eigenvalue weighted by atomic mass is 16.5. The highest BCUT2D eigenvalue weighted by Crippen LogP contribution is 2.33. The predicted molar refractivity (Wildman–Crippen MR) is 125 cm³/mol. The molecule has 1 aliphatic carbocycles. The molecule has 0 bridgehead atoms.